The van der Waals surface area contributed by atoms with Gasteiger partial charge in [0.15, 0.2) is 0 Å². The summed E-state index contributed by atoms with van der Waals surface area (Å²) < 4.78 is 0. The average Bonchev–Trinajstić information content (AvgIpc) is 3.06. The largest absolute Gasteiger partial charge is 0.299 e. The molecule has 7 rings (SSSR count). The van der Waals surface area contributed by atoms with E-state index in [1.807, 2.05) is 55.5 Å². The number of amides is 2. The number of hydrogen-bond donors (Lipinski definition) is 0. The molecule has 1 fully saturated rings. The quantitative estimate of drug-likeness (QED) is 0.537. The minimum absolute atomic E-state index is 0.115. The monoisotopic (exact) mass is 441 g/mol. The van der Waals surface area contributed by atoms with Crippen molar-refractivity contribution >= 4 is 34.9 Å². The molecule has 3 aliphatic carbocycles. The second-order valence-corrected chi connectivity index (χ2v) is 9.37. The lowest BCUT2D eigenvalue weighted by atomic mass is 9.46. The lowest BCUT2D eigenvalue weighted by Gasteiger charge is -2.52. The number of aryl methyl sites for hydroxylation is 1. The van der Waals surface area contributed by atoms with E-state index in [1.165, 1.54) is 4.90 Å². The molecule has 4 aliphatic rings. The smallest absolute Gasteiger partial charge is 0.239 e. The van der Waals surface area contributed by atoms with Crippen molar-refractivity contribution in [2.75, 3.05) is 4.90 Å². The van der Waals surface area contributed by atoms with Crippen LogP contribution in [0.3, 0.4) is 0 Å². The Kier molecular flexibility index (Phi) is 3.89. The highest BCUT2D eigenvalue weighted by Crippen LogP contribution is 2.64. The maximum absolute atomic E-state index is 14.0. The molecule has 0 saturated carbocycles. The number of ketones is 1. The molecule has 3 aromatic carbocycles. The fourth-order valence-electron chi connectivity index (χ4n) is 6.35. The van der Waals surface area contributed by atoms with Crippen LogP contribution >= 0.6 is 11.6 Å². The van der Waals surface area contributed by atoms with E-state index in [-0.39, 0.29) is 23.5 Å². The number of imide groups is 1. The van der Waals surface area contributed by atoms with Gasteiger partial charge in [0.05, 0.1) is 22.9 Å². The van der Waals surface area contributed by atoms with Crippen LogP contribution in [0.1, 0.15) is 40.7 Å². The Bertz CT molecular complexity index is 1310. The maximum Gasteiger partial charge on any atom is 0.239 e. The van der Waals surface area contributed by atoms with Gasteiger partial charge in [-0.3, -0.25) is 14.4 Å². The first kappa shape index (κ1) is 19.4. The van der Waals surface area contributed by atoms with E-state index in [4.69, 9.17) is 11.6 Å². The van der Waals surface area contributed by atoms with E-state index in [0.717, 1.165) is 27.8 Å². The molecule has 2 bridgehead atoms. The number of hydrogen-bond acceptors (Lipinski definition) is 3. The number of nitrogens with zero attached hydrogens (tertiary/aromatic N) is 1. The summed E-state index contributed by atoms with van der Waals surface area (Å²) in [4.78, 5) is 42.6. The van der Waals surface area contributed by atoms with Crippen molar-refractivity contribution in [3.63, 3.8) is 0 Å². The number of carbonyl (C=O) groups is 3. The standard InChI is InChI=1S/C27H20ClNO3/c1-14-11-12-16(13-21(14)28)29-25(31)23-22-17-7-3-5-9-19(17)27(15(2)30,24(23)26(29)32)20-10-6-4-8-18(20)22/h3-13,22-24H,1-2H3/t22?,23-,24+,27?/m0/s1. The summed E-state index contributed by atoms with van der Waals surface area (Å²) in [5, 5.41) is 0.494. The lowest BCUT2D eigenvalue weighted by molar-refractivity contribution is -0.132. The van der Waals surface area contributed by atoms with Gasteiger partial charge in [0, 0.05) is 10.9 Å². The van der Waals surface area contributed by atoms with Gasteiger partial charge in [-0.25, -0.2) is 4.90 Å². The average molecular weight is 442 g/mol. The fraction of sp³-hybridized carbons (Fsp3) is 0.222. The molecule has 1 aliphatic heterocycles. The highest BCUT2D eigenvalue weighted by Gasteiger charge is 2.69. The van der Waals surface area contributed by atoms with E-state index >= 15 is 0 Å². The van der Waals surface area contributed by atoms with Crippen LogP contribution in [0, 0.1) is 18.8 Å². The van der Waals surface area contributed by atoms with E-state index in [0.29, 0.717) is 10.7 Å². The Labute approximate surface area is 190 Å². The molecule has 4 nitrogen and oxygen atoms in total. The van der Waals surface area contributed by atoms with Crippen LogP contribution in [0.15, 0.2) is 66.7 Å². The third-order valence-corrected chi connectivity index (χ3v) is 7.99. The van der Waals surface area contributed by atoms with Crippen molar-refractivity contribution < 1.29 is 14.4 Å². The molecule has 5 heteroatoms. The Morgan fingerprint density at radius 3 is 2.06 bits per heavy atom. The van der Waals surface area contributed by atoms with Crippen LogP contribution < -0.4 is 4.90 Å². The van der Waals surface area contributed by atoms with Gasteiger partial charge in [-0.15, -0.1) is 0 Å². The summed E-state index contributed by atoms with van der Waals surface area (Å²) in [6.07, 6.45) is 0. The summed E-state index contributed by atoms with van der Waals surface area (Å²) in [7, 11) is 0. The molecule has 158 valence electrons. The number of rotatable bonds is 2. The van der Waals surface area contributed by atoms with Gasteiger partial charge in [-0.05, 0) is 53.8 Å². The van der Waals surface area contributed by atoms with Crippen LogP contribution in [0.25, 0.3) is 0 Å². The number of Topliss-reactive ketones (excluding diaryl/α,β-unsaturated/α-hetero) is 1. The second-order valence-electron chi connectivity index (χ2n) is 8.97. The zero-order chi connectivity index (χ0) is 22.4. The van der Waals surface area contributed by atoms with Crippen molar-refractivity contribution in [3.8, 4) is 0 Å². The first-order valence-corrected chi connectivity index (χ1v) is 11.1. The van der Waals surface area contributed by atoms with Crippen LogP contribution in [0.4, 0.5) is 5.69 Å². The molecular weight excluding hydrogens is 422 g/mol. The lowest BCUT2D eigenvalue weighted by Crippen LogP contribution is -2.57. The van der Waals surface area contributed by atoms with E-state index < -0.39 is 17.3 Å². The summed E-state index contributed by atoms with van der Waals surface area (Å²) in [5.74, 6) is -2.38. The van der Waals surface area contributed by atoms with E-state index in [2.05, 4.69) is 0 Å². The van der Waals surface area contributed by atoms with Crippen molar-refractivity contribution in [3.05, 3.63) is 99.6 Å². The molecule has 0 N–H and O–H groups in total. The molecule has 1 heterocycles. The molecular formula is C27H20ClNO3. The third kappa shape index (κ3) is 2.11. The summed E-state index contributed by atoms with van der Waals surface area (Å²) in [5.41, 5.74) is 3.77. The van der Waals surface area contributed by atoms with Gasteiger partial charge >= 0.3 is 0 Å². The normalized spacial score (nSPS) is 27.2. The molecule has 1 saturated heterocycles. The Morgan fingerprint density at radius 1 is 0.906 bits per heavy atom. The number of anilines is 1. The van der Waals surface area contributed by atoms with Crippen LogP contribution in [0.5, 0.6) is 0 Å². The van der Waals surface area contributed by atoms with Crippen LogP contribution in [-0.4, -0.2) is 17.6 Å². The third-order valence-electron chi connectivity index (χ3n) is 7.59. The Balaban J connectivity index is 1.66. The number of benzene rings is 3. The van der Waals surface area contributed by atoms with Gasteiger partial charge in [-0.2, -0.15) is 0 Å². The molecule has 32 heavy (non-hydrogen) atoms. The number of halogens is 1. The Hall–Kier alpha value is -3.24. The summed E-state index contributed by atoms with van der Waals surface area (Å²) in [6, 6.07) is 20.8. The first-order chi connectivity index (χ1) is 15.4. The molecule has 0 radical (unpaired) electrons. The van der Waals surface area contributed by atoms with Gasteiger partial charge in [0.25, 0.3) is 0 Å². The van der Waals surface area contributed by atoms with Gasteiger partial charge in [0.2, 0.25) is 11.8 Å². The molecule has 0 aromatic heterocycles. The SMILES string of the molecule is CC(=O)C12c3ccccc3C(c3ccccc31)[C@@H]1C(=O)N(c3ccc(C)c(Cl)c3)C(=O)[C@@H]12. The highest BCUT2D eigenvalue weighted by atomic mass is 35.5. The van der Waals surface area contributed by atoms with Crippen LogP contribution in [-0.2, 0) is 19.8 Å². The van der Waals surface area contributed by atoms with E-state index in [9.17, 15) is 14.4 Å². The second kappa shape index (κ2) is 6.39. The van der Waals surface area contributed by atoms with Crippen molar-refractivity contribution in [1.29, 1.82) is 0 Å². The van der Waals surface area contributed by atoms with Crippen molar-refractivity contribution in [1.82, 2.24) is 0 Å². The molecule has 2 amide bonds. The van der Waals surface area contributed by atoms with Gasteiger partial charge in [0.1, 0.15) is 5.78 Å². The van der Waals surface area contributed by atoms with Gasteiger partial charge in [-0.1, -0.05) is 66.2 Å². The first-order valence-electron chi connectivity index (χ1n) is 10.7. The summed E-state index contributed by atoms with van der Waals surface area (Å²) in [6.45, 7) is 3.41. The van der Waals surface area contributed by atoms with Crippen molar-refractivity contribution in [2.45, 2.75) is 25.2 Å². The molecule has 3 aromatic rings. The minimum atomic E-state index is -1.18. The number of carbonyl (C=O) groups excluding carboxylic acids is 3. The van der Waals surface area contributed by atoms with E-state index in [1.54, 1.807) is 25.1 Å². The molecule has 2 atom stereocenters. The fourth-order valence-corrected chi connectivity index (χ4v) is 6.52. The van der Waals surface area contributed by atoms with Crippen molar-refractivity contribution in [2.24, 2.45) is 11.8 Å². The van der Waals surface area contributed by atoms with Crippen LogP contribution in [0.2, 0.25) is 5.02 Å². The summed E-state index contributed by atoms with van der Waals surface area (Å²) >= 11 is 6.33. The predicted molar refractivity (Wildman–Crippen MR) is 122 cm³/mol. The topological polar surface area (TPSA) is 54.5 Å². The zero-order valence-electron chi connectivity index (χ0n) is 17.6. The maximum atomic E-state index is 14.0. The van der Waals surface area contributed by atoms with Gasteiger partial charge < -0.3 is 0 Å². The molecule has 0 spiro atoms. The zero-order valence-corrected chi connectivity index (χ0v) is 18.4. The minimum Gasteiger partial charge on any atom is -0.299 e. The molecule has 0 unspecified atom stereocenters. The predicted octanol–water partition coefficient (Wildman–Crippen LogP) is 4.79. The highest BCUT2D eigenvalue weighted by molar-refractivity contribution is 6.32. The Morgan fingerprint density at radius 2 is 1.50 bits per heavy atom.